The summed E-state index contributed by atoms with van der Waals surface area (Å²) in [6, 6.07) is 5.56. The van der Waals surface area contributed by atoms with E-state index in [2.05, 4.69) is 4.98 Å². The number of rotatable bonds is 4. The van der Waals surface area contributed by atoms with Gasteiger partial charge in [0.15, 0.2) is 4.77 Å². The second-order valence-electron chi connectivity index (χ2n) is 3.63. The number of H-pyrrole nitrogens is 1. The normalized spacial score (nSPS) is 10.6. The highest BCUT2D eigenvalue weighted by Gasteiger charge is 2.07. The number of fused-ring (bicyclic) bond motifs is 1. The van der Waals surface area contributed by atoms with Crippen LogP contribution >= 0.6 is 12.2 Å². The summed E-state index contributed by atoms with van der Waals surface area (Å²) in [4.78, 5) is 13.4. The van der Waals surface area contributed by atoms with Gasteiger partial charge in [-0.05, 0) is 24.4 Å². The molecule has 0 saturated carbocycles. The number of hydrogen-bond donors (Lipinski definition) is 2. The Morgan fingerprint density at radius 1 is 1.59 bits per heavy atom. The number of para-hydroxylation sites is 1. The number of aryl methyl sites for hydroxylation is 1. The average Bonchev–Trinajstić information content (AvgIpc) is 2.56. The van der Waals surface area contributed by atoms with Crippen LogP contribution < -0.4 is 4.74 Å². The summed E-state index contributed by atoms with van der Waals surface area (Å²) in [6.07, 6.45) is -0.0239. The molecule has 0 aliphatic rings. The summed E-state index contributed by atoms with van der Waals surface area (Å²) in [5, 5.41) is 8.54. The number of aromatic amines is 1. The first-order valence-electron chi connectivity index (χ1n) is 5.12. The van der Waals surface area contributed by atoms with Gasteiger partial charge in [0.2, 0.25) is 0 Å². The highest BCUT2D eigenvalue weighted by Crippen LogP contribution is 2.24. The van der Waals surface area contributed by atoms with Crippen LogP contribution in [0.15, 0.2) is 18.2 Å². The van der Waals surface area contributed by atoms with Crippen LogP contribution in [0.1, 0.15) is 6.42 Å². The first-order valence-corrected chi connectivity index (χ1v) is 5.52. The van der Waals surface area contributed by atoms with Crippen LogP contribution in [0.4, 0.5) is 0 Å². The Morgan fingerprint density at radius 2 is 2.35 bits per heavy atom. The van der Waals surface area contributed by atoms with E-state index in [-0.39, 0.29) is 13.0 Å². The summed E-state index contributed by atoms with van der Waals surface area (Å²) in [5.74, 6) is -0.256. The van der Waals surface area contributed by atoms with Gasteiger partial charge in [-0.25, -0.2) is 0 Å². The van der Waals surface area contributed by atoms with Crippen LogP contribution in [0.25, 0.3) is 11.0 Å². The van der Waals surface area contributed by atoms with Crippen molar-refractivity contribution in [3.8, 4) is 5.75 Å². The summed E-state index contributed by atoms with van der Waals surface area (Å²) in [7, 11) is 1.86. The molecule has 0 aliphatic carbocycles. The van der Waals surface area contributed by atoms with E-state index in [0.717, 1.165) is 11.0 Å². The first-order chi connectivity index (χ1) is 8.09. The molecule has 2 aromatic rings. The van der Waals surface area contributed by atoms with E-state index in [1.165, 1.54) is 0 Å². The molecule has 0 atom stereocenters. The number of hydrogen-bond acceptors (Lipinski definition) is 3. The zero-order valence-electron chi connectivity index (χ0n) is 9.27. The number of imidazole rings is 1. The van der Waals surface area contributed by atoms with Gasteiger partial charge in [0.25, 0.3) is 0 Å². The lowest BCUT2D eigenvalue weighted by atomic mass is 10.3. The minimum Gasteiger partial charge on any atom is -0.491 e. The predicted octanol–water partition coefficient (Wildman–Crippen LogP) is 2.09. The number of carboxylic acid groups (broad SMARTS) is 1. The van der Waals surface area contributed by atoms with Gasteiger partial charge in [0, 0.05) is 7.05 Å². The molecular formula is C11H12N2O3S. The van der Waals surface area contributed by atoms with Crippen LogP contribution in [0.2, 0.25) is 0 Å². The predicted molar refractivity (Wildman–Crippen MR) is 65.9 cm³/mol. The maximum Gasteiger partial charge on any atom is 0.306 e. The fourth-order valence-corrected chi connectivity index (χ4v) is 1.79. The molecule has 0 spiro atoms. The molecule has 0 radical (unpaired) electrons. The third-order valence-corrected chi connectivity index (χ3v) is 2.85. The SMILES string of the molecule is Cn1c(=S)[nH]c2c(OCCC(=O)O)cccc21. The molecule has 1 aromatic heterocycles. The van der Waals surface area contributed by atoms with Gasteiger partial charge >= 0.3 is 5.97 Å². The third kappa shape index (κ3) is 2.31. The molecular weight excluding hydrogens is 240 g/mol. The van der Waals surface area contributed by atoms with E-state index in [9.17, 15) is 4.79 Å². The second-order valence-corrected chi connectivity index (χ2v) is 4.02. The van der Waals surface area contributed by atoms with E-state index in [1.807, 2.05) is 23.7 Å². The third-order valence-electron chi connectivity index (χ3n) is 2.48. The maximum atomic E-state index is 10.4. The van der Waals surface area contributed by atoms with Crippen LogP contribution in [-0.4, -0.2) is 27.2 Å². The molecule has 0 saturated heterocycles. The lowest BCUT2D eigenvalue weighted by Gasteiger charge is -2.05. The Labute approximate surface area is 103 Å². The number of carboxylic acids is 1. The van der Waals surface area contributed by atoms with Gasteiger partial charge in [0.1, 0.15) is 11.3 Å². The van der Waals surface area contributed by atoms with Crippen molar-refractivity contribution in [1.29, 1.82) is 0 Å². The summed E-state index contributed by atoms with van der Waals surface area (Å²) < 4.78 is 7.87. The molecule has 0 fully saturated rings. The van der Waals surface area contributed by atoms with Crippen molar-refractivity contribution < 1.29 is 14.6 Å². The second kappa shape index (κ2) is 4.58. The topological polar surface area (TPSA) is 67.2 Å². The van der Waals surface area contributed by atoms with Gasteiger partial charge in [-0.1, -0.05) is 6.07 Å². The smallest absolute Gasteiger partial charge is 0.306 e. The summed E-state index contributed by atoms with van der Waals surface area (Å²) in [5.41, 5.74) is 1.73. The standard InChI is InChI=1S/C11H12N2O3S/c1-13-7-3-2-4-8(10(7)12-11(13)17)16-6-5-9(14)15/h2-4H,5-6H2,1H3,(H,12,17)(H,14,15). The van der Waals surface area contributed by atoms with Gasteiger partial charge in [-0.2, -0.15) is 0 Å². The van der Waals surface area contributed by atoms with E-state index < -0.39 is 5.97 Å². The van der Waals surface area contributed by atoms with E-state index in [0.29, 0.717) is 10.5 Å². The monoisotopic (exact) mass is 252 g/mol. The molecule has 2 rings (SSSR count). The van der Waals surface area contributed by atoms with Crippen molar-refractivity contribution in [1.82, 2.24) is 9.55 Å². The number of ether oxygens (including phenoxy) is 1. The van der Waals surface area contributed by atoms with E-state index in [1.54, 1.807) is 6.07 Å². The minimum atomic E-state index is -0.877. The minimum absolute atomic E-state index is 0.0239. The van der Waals surface area contributed by atoms with Crippen LogP contribution in [0.3, 0.4) is 0 Å². The molecule has 1 aromatic carbocycles. The Kier molecular flexibility index (Phi) is 3.14. The molecule has 0 aliphatic heterocycles. The number of aliphatic carboxylic acids is 1. The van der Waals surface area contributed by atoms with Crippen molar-refractivity contribution in [3.63, 3.8) is 0 Å². The van der Waals surface area contributed by atoms with Crippen molar-refractivity contribution in [2.75, 3.05) is 6.61 Å². The van der Waals surface area contributed by atoms with Gasteiger partial charge < -0.3 is 19.4 Å². The van der Waals surface area contributed by atoms with Crippen LogP contribution in [0.5, 0.6) is 5.75 Å². The van der Waals surface area contributed by atoms with Crippen LogP contribution in [0, 0.1) is 4.77 Å². The quantitative estimate of drug-likeness (QED) is 0.818. The van der Waals surface area contributed by atoms with Gasteiger partial charge in [-0.15, -0.1) is 0 Å². The molecule has 90 valence electrons. The van der Waals surface area contributed by atoms with Gasteiger partial charge in [-0.3, -0.25) is 4.79 Å². The maximum absolute atomic E-state index is 10.4. The van der Waals surface area contributed by atoms with Gasteiger partial charge in [0.05, 0.1) is 18.5 Å². The Hall–Kier alpha value is -1.82. The molecule has 5 nitrogen and oxygen atoms in total. The molecule has 0 amide bonds. The van der Waals surface area contributed by atoms with Crippen LogP contribution in [-0.2, 0) is 11.8 Å². The first kappa shape index (κ1) is 11.7. The van der Waals surface area contributed by atoms with Crippen molar-refractivity contribution >= 4 is 29.2 Å². The number of aromatic nitrogens is 2. The lowest BCUT2D eigenvalue weighted by molar-refractivity contribution is -0.137. The number of nitrogens with one attached hydrogen (secondary N) is 1. The fourth-order valence-electron chi connectivity index (χ4n) is 1.59. The molecule has 0 bridgehead atoms. The zero-order chi connectivity index (χ0) is 12.4. The summed E-state index contributed by atoms with van der Waals surface area (Å²) >= 11 is 5.13. The fraction of sp³-hybridized carbons (Fsp3) is 0.273. The molecule has 0 unspecified atom stereocenters. The highest BCUT2D eigenvalue weighted by molar-refractivity contribution is 7.71. The molecule has 2 N–H and O–H groups in total. The Morgan fingerprint density at radius 3 is 3.06 bits per heavy atom. The van der Waals surface area contributed by atoms with Crippen molar-refractivity contribution in [2.24, 2.45) is 7.05 Å². The summed E-state index contributed by atoms with van der Waals surface area (Å²) in [6.45, 7) is 0.143. The van der Waals surface area contributed by atoms with Crippen molar-refractivity contribution in [2.45, 2.75) is 6.42 Å². The van der Waals surface area contributed by atoms with E-state index in [4.69, 9.17) is 22.1 Å². The van der Waals surface area contributed by atoms with E-state index >= 15 is 0 Å². The Bertz CT molecular complexity index is 615. The molecule has 1 heterocycles. The molecule has 17 heavy (non-hydrogen) atoms. The number of benzene rings is 1. The molecule has 6 heteroatoms. The zero-order valence-corrected chi connectivity index (χ0v) is 10.1. The average molecular weight is 252 g/mol. The largest absolute Gasteiger partial charge is 0.491 e. The Balaban J connectivity index is 2.31. The number of nitrogens with zero attached hydrogens (tertiary/aromatic N) is 1. The lowest BCUT2D eigenvalue weighted by Crippen LogP contribution is -2.05. The highest BCUT2D eigenvalue weighted by atomic mass is 32.1. The van der Waals surface area contributed by atoms with Crippen molar-refractivity contribution in [3.05, 3.63) is 23.0 Å². The number of carbonyl (C=O) groups is 1.